The fourth-order valence-corrected chi connectivity index (χ4v) is 8.95. The lowest BCUT2D eigenvalue weighted by Gasteiger charge is -2.29. The van der Waals surface area contributed by atoms with Crippen molar-refractivity contribution in [2.75, 3.05) is 4.90 Å². The van der Waals surface area contributed by atoms with Gasteiger partial charge in [0.15, 0.2) is 0 Å². The van der Waals surface area contributed by atoms with Crippen molar-refractivity contribution in [1.82, 2.24) is 4.98 Å². The Labute approximate surface area is 344 Å². The molecule has 6 aromatic carbocycles. The molecule has 0 bridgehead atoms. The summed E-state index contributed by atoms with van der Waals surface area (Å²) in [7, 11) is 0. The predicted molar refractivity (Wildman–Crippen MR) is 246 cm³/mol. The van der Waals surface area contributed by atoms with Gasteiger partial charge in [0.05, 0.1) is 17.6 Å². The van der Waals surface area contributed by atoms with Gasteiger partial charge in [-0.3, -0.25) is 4.98 Å². The second kappa shape index (κ2) is 17.3. The van der Waals surface area contributed by atoms with Crippen LogP contribution in [0.1, 0.15) is 69.0 Å². The molecule has 2 heteroatoms. The summed E-state index contributed by atoms with van der Waals surface area (Å²) >= 11 is 0. The van der Waals surface area contributed by atoms with E-state index in [1.807, 2.05) is 0 Å². The molecule has 0 spiro atoms. The molecule has 9 rings (SSSR count). The van der Waals surface area contributed by atoms with Crippen molar-refractivity contribution in [2.24, 2.45) is 0 Å². The first-order chi connectivity index (χ1) is 28.7. The molecule has 1 aromatic heterocycles. The van der Waals surface area contributed by atoms with Crippen LogP contribution in [0, 0.1) is 0 Å². The maximum absolute atomic E-state index is 5.33. The molecule has 0 atom stereocenters. The SMILES string of the molecule is C=C1CCCCC/C(c2ccc(-c3ccccc3)cc2)=C2/CCCC/C2=C/1c1ccc(N(c2ccc(-c3ccccc3)cc2)c2ccc(-c3ccccc3)cc2)cn1. The van der Waals surface area contributed by atoms with Crippen LogP contribution in [0.3, 0.4) is 0 Å². The van der Waals surface area contributed by atoms with E-state index in [1.165, 1.54) is 92.5 Å². The summed E-state index contributed by atoms with van der Waals surface area (Å²) < 4.78 is 0. The normalized spacial score (nSPS) is 17.3. The van der Waals surface area contributed by atoms with Crippen LogP contribution in [-0.2, 0) is 0 Å². The van der Waals surface area contributed by atoms with Gasteiger partial charge in [-0.15, -0.1) is 0 Å². The monoisotopic (exact) mass is 750 g/mol. The third kappa shape index (κ3) is 8.02. The summed E-state index contributed by atoms with van der Waals surface area (Å²) in [4.78, 5) is 7.66. The number of aromatic nitrogens is 1. The Morgan fingerprint density at radius 1 is 0.345 bits per heavy atom. The van der Waals surface area contributed by atoms with E-state index in [0.29, 0.717) is 0 Å². The van der Waals surface area contributed by atoms with E-state index in [9.17, 15) is 0 Å². The number of rotatable bonds is 8. The van der Waals surface area contributed by atoms with Crippen LogP contribution >= 0.6 is 0 Å². The number of benzene rings is 6. The number of hydrogen-bond donors (Lipinski definition) is 0. The molecule has 284 valence electrons. The standard InChI is InChI=1S/C56H50N2/c1-41-16-6-2-13-23-52(48-28-26-45(27-29-48)42-17-7-3-8-18-42)53-24-14-15-25-54(53)56(41)55-39-38-51(40-57-55)58(49-34-30-46(31-35-49)43-19-9-4-10-20-43)50-36-32-47(33-37-50)44-21-11-5-12-22-44/h3-5,7-12,17-22,26-40H,1-2,6,13-16,23-25H2/b53-52+,56-54+. The third-order valence-electron chi connectivity index (χ3n) is 12.0. The van der Waals surface area contributed by atoms with Crippen LogP contribution in [0.2, 0.25) is 0 Å². The Hall–Kier alpha value is -6.51. The van der Waals surface area contributed by atoms with Crippen LogP contribution in [0.25, 0.3) is 44.5 Å². The topological polar surface area (TPSA) is 16.1 Å². The molecule has 0 unspecified atom stereocenters. The number of pyridine rings is 1. The number of anilines is 3. The Balaban J connectivity index is 1.11. The van der Waals surface area contributed by atoms with Gasteiger partial charge in [0, 0.05) is 16.9 Å². The first-order valence-electron chi connectivity index (χ1n) is 21.1. The number of nitrogens with zero attached hydrogens (tertiary/aromatic N) is 2. The zero-order valence-corrected chi connectivity index (χ0v) is 33.3. The van der Waals surface area contributed by atoms with Crippen molar-refractivity contribution in [3.63, 3.8) is 0 Å². The van der Waals surface area contributed by atoms with E-state index in [1.54, 1.807) is 0 Å². The highest BCUT2D eigenvalue weighted by molar-refractivity contribution is 5.87. The van der Waals surface area contributed by atoms with Crippen LogP contribution < -0.4 is 4.90 Å². The quantitative estimate of drug-likeness (QED) is 0.154. The predicted octanol–water partition coefficient (Wildman–Crippen LogP) is 15.9. The fraction of sp³-hybridized carbons (Fsp3) is 0.161. The second-order valence-electron chi connectivity index (χ2n) is 15.7. The maximum Gasteiger partial charge on any atom is 0.0709 e. The average molecular weight is 751 g/mol. The third-order valence-corrected chi connectivity index (χ3v) is 12.0. The molecule has 1 saturated carbocycles. The van der Waals surface area contributed by atoms with Crippen molar-refractivity contribution in [2.45, 2.75) is 57.8 Å². The van der Waals surface area contributed by atoms with Crippen molar-refractivity contribution in [3.05, 3.63) is 217 Å². The lowest BCUT2D eigenvalue weighted by Crippen LogP contribution is -2.11. The summed E-state index contributed by atoms with van der Waals surface area (Å²) in [5, 5.41) is 0. The molecule has 0 saturated heterocycles. The minimum Gasteiger partial charge on any atom is -0.309 e. The Morgan fingerprint density at radius 3 is 1.24 bits per heavy atom. The molecule has 58 heavy (non-hydrogen) atoms. The van der Waals surface area contributed by atoms with Gasteiger partial charge in [-0.05, 0) is 149 Å². The lowest BCUT2D eigenvalue weighted by atomic mass is 9.77. The summed E-state index contributed by atoms with van der Waals surface area (Å²) in [5.41, 5.74) is 19.9. The van der Waals surface area contributed by atoms with E-state index in [-0.39, 0.29) is 0 Å². The summed E-state index contributed by atoms with van der Waals surface area (Å²) in [6.07, 6.45) is 12.3. The largest absolute Gasteiger partial charge is 0.309 e. The van der Waals surface area contributed by atoms with Crippen molar-refractivity contribution in [3.8, 4) is 33.4 Å². The average Bonchev–Trinajstić information content (AvgIpc) is 3.30. The second-order valence-corrected chi connectivity index (χ2v) is 15.7. The van der Waals surface area contributed by atoms with E-state index in [0.717, 1.165) is 54.9 Å². The Morgan fingerprint density at radius 2 is 0.741 bits per heavy atom. The van der Waals surface area contributed by atoms with Crippen LogP contribution in [0.15, 0.2) is 205 Å². The van der Waals surface area contributed by atoms with E-state index >= 15 is 0 Å². The molecule has 0 amide bonds. The van der Waals surface area contributed by atoms with Crippen LogP contribution in [0.4, 0.5) is 17.1 Å². The van der Waals surface area contributed by atoms with Crippen molar-refractivity contribution in [1.29, 1.82) is 0 Å². The van der Waals surface area contributed by atoms with Gasteiger partial charge in [0.25, 0.3) is 0 Å². The first-order valence-corrected chi connectivity index (χ1v) is 21.1. The molecule has 2 aliphatic rings. The number of fused-ring (bicyclic) bond motifs is 1. The lowest BCUT2D eigenvalue weighted by molar-refractivity contribution is 0.661. The molecular formula is C56H50N2. The maximum atomic E-state index is 5.33. The first kappa shape index (κ1) is 37.1. The molecule has 0 N–H and O–H groups in total. The van der Waals surface area contributed by atoms with E-state index in [4.69, 9.17) is 11.6 Å². The highest BCUT2D eigenvalue weighted by Crippen LogP contribution is 2.45. The van der Waals surface area contributed by atoms with Gasteiger partial charge in [0.1, 0.15) is 0 Å². The Kier molecular flexibility index (Phi) is 11.1. The number of hydrogen-bond acceptors (Lipinski definition) is 2. The minimum absolute atomic E-state index is 1.00. The van der Waals surface area contributed by atoms with Crippen LogP contribution in [-0.4, -0.2) is 4.98 Å². The molecule has 2 nitrogen and oxygen atoms in total. The molecule has 0 aliphatic heterocycles. The Bertz CT molecular complexity index is 2450. The molecule has 1 heterocycles. The van der Waals surface area contributed by atoms with E-state index < -0.39 is 0 Å². The zero-order chi connectivity index (χ0) is 39.1. The molecule has 0 radical (unpaired) electrons. The van der Waals surface area contributed by atoms with Crippen molar-refractivity contribution >= 4 is 28.2 Å². The van der Waals surface area contributed by atoms with Gasteiger partial charge >= 0.3 is 0 Å². The van der Waals surface area contributed by atoms with E-state index in [2.05, 4.69) is 187 Å². The van der Waals surface area contributed by atoms with Gasteiger partial charge in [-0.2, -0.15) is 0 Å². The zero-order valence-electron chi connectivity index (χ0n) is 33.3. The fourth-order valence-electron chi connectivity index (χ4n) is 8.95. The van der Waals surface area contributed by atoms with Gasteiger partial charge < -0.3 is 4.90 Å². The smallest absolute Gasteiger partial charge is 0.0709 e. The summed E-state index contributed by atoms with van der Waals surface area (Å²) in [5.74, 6) is 0. The highest BCUT2D eigenvalue weighted by Gasteiger charge is 2.25. The van der Waals surface area contributed by atoms with Gasteiger partial charge in [-0.25, -0.2) is 0 Å². The summed E-state index contributed by atoms with van der Waals surface area (Å²) in [6.45, 7) is 4.77. The van der Waals surface area contributed by atoms with Crippen LogP contribution in [0.5, 0.6) is 0 Å². The van der Waals surface area contributed by atoms with Crippen molar-refractivity contribution < 1.29 is 0 Å². The molecule has 2 aliphatic carbocycles. The molecule has 1 fully saturated rings. The molecule has 7 aromatic rings. The van der Waals surface area contributed by atoms with Gasteiger partial charge in [-0.1, -0.05) is 153 Å². The summed E-state index contributed by atoms with van der Waals surface area (Å²) in [6, 6.07) is 63.5. The number of allylic oxidation sites excluding steroid dienone is 5. The molecular weight excluding hydrogens is 701 g/mol. The highest BCUT2D eigenvalue weighted by atomic mass is 15.1. The minimum atomic E-state index is 1.00. The van der Waals surface area contributed by atoms with Gasteiger partial charge in [0.2, 0.25) is 0 Å².